The number of thiophene rings is 1. The van der Waals surface area contributed by atoms with Crippen LogP contribution in [0.1, 0.15) is 11.8 Å². The van der Waals surface area contributed by atoms with E-state index < -0.39 is 0 Å². The van der Waals surface area contributed by atoms with Gasteiger partial charge in [-0.05, 0) is 17.7 Å². The summed E-state index contributed by atoms with van der Waals surface area (Å²) >= 11 is 3.06. The molecule has 0 bridgehead atoms. The molecule has 5 nitrogen and oxygen atoms in total. The van der Waals surface area contributed by atoms with E-state index in [1.807, 2.05) is 5.38 Å². The Morgan fingerprint density at radius 2 is 2.00 bits per heavy atom. The monoisotopic (exact) mass is 358 g/mol. The van der Waals surface area contributed by atoms with Crippen LogP contribution in [0.25, 0.3) is 21.3 Å². The van der Waals surface area contributed by atoms with E-state index in [2.05, 4.69) is 20.2 Å². The highest BCUT2D eigenvalue weighted by molar-refractivity contribution is 7.98. The first kappa shape index (κ1) is 15.2. The van der Waals surface area contributed by atoms with Crippen LogP contribution in [-0.2, 0) is 5.75 Å². The molecular weight excluding hydrogens is 347 g/mol. The molecule has 120 valence electrons. The third-order valence-corrected chi connectivity index (χ3v) is 5.25. The average molecular weight is 358 g/mol. The van der Waals surface area contributed by atoms with Gasteiger partial charge in [0.25, 0.3) is 0 Å². The number of fused-ring (bicyclic) bond motifs is 1. The molecule has 1 aromatic carbocycles. The third-order valence-electron chi connectivity index (χ3n) is 3.39. The van der Waals surface area contributed by atoms with Crippen molar-refractivity contribution in [3.8, 4) is 11.1 Å². The lowest BCUT2D eigenvalue weighted by atomic mass is 10.1. The summed E-state index contributed by atoms with van der Waals surface area (Å²) in [6, 6.07) is 6.44. The highest BCUT2D eigenvalue weighted by atomic mass is 32.2. The normalized spacial score (nSPS) is 11.2. The second kappa shape index (κ2) is 6.29. The maximum atomic E-state index is 13.2. The molecule has 4 aromatic rings. The molecule has 0 aliphatic carbocycles. The van der Waals surface area contributed by atoms with Gasteiger partial charge in [-0.1, -0.05) is 23.9 Å². The van der Waals surface area contributed by atoms with Crippen molar-refractivity contribution in [1.29, 1.82) is 0 Å². The highest BCUT2D eigenvalue weighted by Crippen LogP contribution is 2.38. The number of aromatic nitrogens is 4. The van der Waals surface area contributed by atoms with Gasteiger partial charge in [0.1, 0.15) is 22.0 Å². The fourth-order valence-corrected chi connectivity index (χ4v) is 4.15. The van der Waals surface area contributed by atoms with E-state index in [1.54, 1.807) is 36.7 Å². The summed E-state index contributed by atoms with van der Waals surface area (Å²) in [5, 5.41) is 11.7. The van der Waals surface area contributed by atoms with Gasteiger partial charge in [0, 0.05) is 17.9 Å². The van der Waals surface area contributed by atoms with E-state index in [1.165, 1.54) is 23.9 Å². The number of rotatable bonds is 4. The quantitative estimate of drug-likeness (QED) is 0.396. The number of aryl methyl sites for hydroxylation is 1. The number of hydrogen-bond donors (Lipinski definition) is 0. The minimum atomic E-state index is -0.254. The summed E-state index contributed by atoms with van der Waals surface area (Å²) in [6.07, 6.45) is 1.55. The Kier molecular flexibility index (Phi) is 3.99. The van der Waals surface area contributed by atoms with Gasteiger partial charge in [0.15, 0.2) is 0 Å². The lowest BCUT2D eigenvalue weighted by Gasteiger charge is -2.04. The molecule has 0 amide bonds. The summed E-state index contributed by atoms with van der Waals surface area (Å²) in [4.78, 5) is 9.63. The number of halogens is 1. The lowest BCUT2D eigenvalue weighted by molar-refractivity contribution is 0.485. The van der Waals surface area contributed by atoms with Crippen LogP contribution in [0.5, 0.6) is 0 Å². The van der Waals surface area contributed by atoms with Crippen LogP contribution < -0.4 is 0 Å². The summed E-state index contributed by atoms with van der Waals surface area (Å²) in [5.74, 6) is 1.38. The van der Waals surface area contributed by atoms with Crippen LogP contribution in [-0.4, -0.2) is 20.2 Å². The molecule has 0 aliphatic rings. The molecule has 8 heteroatoms. The van der Waals surface area contributed by atoms with Crippen molar-refractivity contribution < 1.29 is 8.81 Å². The van der Waals surface area contributed by atoms with Crippen molar-refractivity contribution in [3.05, 3.63) is 53.6 Å². The Labute approximate surface area is 145 Å². The standard InChI is InChI=1S/C16H11FN4OS2/c1-9-20-21-13(22-9)7-24-16-14-12(6-23-15(14)18-8-19-16)10-2-4-11(17)5-3-10/h2-6,8H,7H2,1H3. The van der Waals surface area contributed by atoms with Gasteiger partial charge in [0.05, 0.1) is 11.1 Å². The van der Waals surface area contributed by atoms with E-state index >= 15 is 0 Å². The van der Waals surface area contributed by atoms with Crippen LogP contribution in [0, 0.1) is 12.7 Å². The molecule has 0 unspecified atom stereocenters. The Hall–Kier alpha value is -2.32. The fraction of sp³-hybridized carbons (Fsp3) is 0.125. The lowest BCUT2D eigenvalue weighted by Crippen LogP contribution is -1.88. The van der Waals surface area contributed by atoms with Crippen LogP contribution in [0.4, 0.5) is 4.39 Å². The van der Waals surface area contributed by atoms with Crippen LogP contribution in [0.15, 0.2) is 45.4 Å². The van der Waals surface area contributed by atoms with Gasteiger partial charge in [-0.25, -0.2) is 14.4 Å². The summed E-state index contributed by atoms with van der Waals surface area (Å²) in [6.45, 7) is 1.76. The van der Waals surface area contributed by atoms with Crippen LogP contribution >= 0.6 is 23.1 Å². The zero-order valence-corrected chi connectivity index (χ0v) is 14.2. The summed E-state index contributed by atoms with van der Waals surface area (Å²) < 4.78 is 18.6. The molecule has 0 saturated heterocycles. The zero-order valence-electron chi connectivity index (χ0n) is 12.6. The predicted molar refractivity (Wildman–Crippen MR) is 91.4 cm³/mol. The molecule has 0 spiro atoms. The topological polar surface area (TPSA) is 64.7 Å². The zero-order chi connectivity index (χ0) is 16.5. The Morgan fingerprint density at radius 3 is 2.75 bits per heavy atom. The Morgan fingerprint density at radius 1 is 1.17 bits per heavy atom. The van der Waals surface area contributed by atoms with E-state index in [-0.39, 0.29) is 5.82 Å². The molecule has 24 heavy (non-hydrogen) atoms. The van der Waals surface area contributed by atoms with Crippen LogP contribution in [0.3, 0.4) is 0 Å². The Bertz CT molecular complexity index is 997. The molecule has 0 N–H and O–H groups in total. The molecule has 3 heterocycles. The van der Waals surface area contributed by atoms with Crippen LogP contribution in [0.2, 0.25) is 0 Å². The van der Waals surface area contributed by atoms with Gasteiger partial charge in [-0.15, -0.1) is 21.5 Å². The van der Waals surface area contributed by atoms with Crippen molar-refractivity contribution in [3.63, 3.8) is 0 Å². The van der Waals surface area contributed by atoms with Crippen molar-refractivity contribution in [2.75, 3.05) is 0 Å². The second-order valence-electron chi connectivity index (χ2n) is 5.02. The minimum Gasteiger partial charge on any atom is -0.425 e. The minimum absolute atomic E-state index is 0.254. The first-order valence-electron chi connectivity index (χ1n) is 7.10. The largest absolute Gasteiger partial charge is 0.425 e. The number of thioether (sulfide) groups is 1. The predicted octanol–water partition coefficient (Wildman–Crippen LogP) is 4.48. The average Bonchev–Trinajstić information content (AvgIpc) is 3.20. The van der Waals surface area contributed by atoms with E-state index in [4.69, 9.17) is 4.42 Å². The summed E-state index contributed by atoms with van der Waals surface area (Å²) in [5.41, 5.74) is 1.94. The van der Waals surface area contributed by atoms with Gasteiger partial charge in [-0.2, -0.15) is 0 Å². The summed E-state index contributed by atoms with van der Waals surface area (Å²) in [7, 11) is 0. The van der Waals surface area contributed by atoms with Gasteiger partial charge in [0.2, 0.25) is 11.8 Å². The van der Waals surface area contributed by atoms with Crippen molar-refractivity contribution in [2.45, 2.75) is 17.7 Å². The van der Waals surface area contributed by atoms with E-state index in [9.17, 15) is 4.39 Å². The van der Waals surface area contributed by atoms with Crippen molar-refractivity contribution in [1.82, 2.24) is 20.2 Å². The van der Waals surface area contributed by atoms with Gasteiger partial charge >= 0.3 is 0 Å². The van der Waals surface area contributed by atoms with Crippen molar-refractivity contribution >= 4 is 33.3 Å². The number of hydrogen-bond acceptors (Lipinski definition) is 7. The fourth-order valence-electron chi connectivity index (χ4n) is 2.32. The number of nitrogens with zero attached hydrogens (tertiary/aromatic N) is 4. The van der Waals surface area contributed by atoms with E-state index in [0.29, 0.717) is 17.5 Å². The molecule has 0 saturated carbocycles. The molecule has 3 aromatic heterocycles. The Balaban J connectivity index is 1.72. The number of benzene rings is 1. The van der Waals surface area contributed by atoms with Crippen molar-refractivity contribution in [2.24, 2.45) is 0 Å². The molecule has 0 radical (unpaired) electrons. The maximum Gasteiger partial charge on any atom is 0.226 e. The molecular formula is C16H11FN4OS2. The first-order chi connectivity index (χ1) is 11.7. The van der Waals surface area contributed by atoms with Gasteiger partial charge < -0.3 is 4.42 Å². The molecule has 4 rings (SSSR count). The molecule has 0 aliphatic heterocycles. The maximum absolute atomic E-state index is 13.2. The van der Waals surface area contributed by atoms with E-state index in [0.717, 1.165) is 26.4 Å². The SMILES string of the molecule is Cc1nnc(CSc2ncnc3scc(-c4ccc(F)cc4)c23)o1. The highest BCUT2D eigenvalue weighted by Gasteiger charge is 2.14. The smallest absolute Gasteiger partial charge is 0.226 e. The molecule has 0 fully saturated rings. The second-order valence-corrected chi connectivity index (χ2v) is 6.84. The molecule has 0 atom stereocenters. The first-order valence-corrected chi connectivity index (χ1v) is 8.97. The van der Waals surface area contributed by atoms with Gasteiger partial charge in [-0.3, -0.25) is 0 Å². The third kappa shape index (κ3) is 2.90.